The Balaban J connectivity index is 4.16. The lowest BCUT2D eigenvalue weighted by Crippen LogP contribution is -2.31. The van der Waals surface area contributed by atoms with E-state index in [1.54, 1.807) is 0 Å². The molecule has 0 N–H and O–H groups in total. The van der Waals surface area contributed by atoms with E-state index < -0.39 is 31.5 Å². The zero-order chi connectivity index (χ0) is 10.5. The van der Waals surface area contributed by atoms with Gasteiger partial charge in [0.25, 0.3) is 0 Å². The van der Waals surface area contributed by atoms with Crippen molar-refractivity contribution in [2.45, 2.75) is 24.9 Å². The van der Waals surface area contributed by atoms with E-state index >= 15 is 0 Å². The molecule has 0 aromatic carbocycles. The van der Waals surface area contributed by atoms with E-state index in [1.807, 2.05) is 0 Å². The summed E-state index contributed by atoms with van der Waals surface area (Å²) >= 11 is 0. The van der Waals surface area contributed by atoms with E-state index in [-0.39, 0.29) is 0 Å². The van der Waals surface area contributed by atoms with Crippen LogP contribution >= 0.6 is 0 Å². The topological polar surface area (TPSA) is 9.23 Å². The number of ether oxygens (including phenoxy) is 1. The quantitative estimate of drug-likeness (QED) is 0.494. The van der Waals surface area contributed by atoms with Crippen LogP contribution in [-0.2, 0) is 4.74 Å². The van der Waals surface area contributed by atoms with Crippen LogP contribution < -0.4 is 0 Å². The number of hydrogen-bond donors (Lipinski definition) is 0. The number of hydrogen-bond acceptors (Lipinski definition) is 1. The van der Waals surface area contributed by atoms with Gasteiger partial charge in [-0.15, -0.1) is 0 Å². The van der Waals surface area contributed by atoms with Gasteiger partial charge in [0.05, 0.1) is 12.7 Å². The molecule has 2 atom stereocenters. The van der Waals surface area contributed by atoms with E-state index in [1.165, 1.54) is 0 Å². The van der Waals surface area contributed by atoms with Crippen LogP contribution in [0.15, 0.2) is 12.8 Å². The Bertz CT molecular complexity index is 155. The first-order valence-corrected chi connectivity index (χ1v) is 3.44. The van der Waals surface area contributed by atoms with Crippen molar-refractivity contribution < 1.29 is 26.7 Å². The zero-order valence-electron chi connectivity index (χ0n) is 6.65. The van der Waals surface area contributed by atoms with Gasteiger partial charge in [-0.1, -0.05) is 6.58 Å². The average Bonchev–Trinajstić information content (AvgIpc) is 2.00. The summed E-state index contributed by atoms with van der Waals surface area (Å²) in [6.07, 6.45) is -9.56. The molecule has 0 aromatic rings. The Morgan fingerprint density at radius 1 is 1.38 bits per heavy atom. The van der Waals surface area contributed by atoms with Crippen LogP contribution in [0, 0.1) is 0 Å². The van der Waals surface area contributed by atoms with Crippen molar-refractivity contribution in [1.82, 2.24) is 0 Å². The van der Waals surface area contributed by atoms with Crippen molar-refractivity contribution in [3.63, 3.8) is 0 Å². The van der Waals surface area contributed by atoms with E-state index in [4.69, 9.17) is 0 Å². The monoisotopic (exact) mass is 204 g/mol. The fraction of sp³-hybridized carbons (Fsp3) is 0.714. The van der Waals surface area contributed by atoms with Crippen LogP contribution in [0.2, 0.25) is 0 Å². The van der Waals surface area contributed by atoms with E-state index in [0.29, 0.717) is 6.26 Å². The summed E-state index contributed by atoms with van der Waals surface area (Å²) in [6.45, 7) is 1.46. The first-order valence-electron chi connectivity index (χ1n) is 3.44. The molecule has 0 rings (SSSR count). The molecule has 0 aromatic heterocycles. The molecule has 1 nitrogen and oxygen atoms in total. The Morgan fingerprint density at radius 3 is 2.23 bits per heavy atom. The molecule has 0 saturated carbocycles. The van der Waals surface area contributed by atoms with E-state index in [2.05, 4.69) is 11.3 Å². The van der Waals surface area contributed by atoms with Gasteiger partial charge < -0.3 is 4.74 Å². The van der Waals surface area contributed by atoms with Crippen LogP contribution in [-0.4, -0.2) is 25.1 Å². The highest BCUT2D eigenvalue weighted by Crippen LogP contribution is 2.25. The Labute approximate surface area is 72.2 Å². The lowest BCUT2D eigenvalue weighted by molar-refractivity contribution is -0.162. The molecular formula is C7H9F5O. The molecule has 78 valence electrons. The van der Waals surface area contributed by atoms with Crippen molar-refractivity contribution in [3.8, 4) is 0 Å². The third kappa shape index (κ3) is 5.43. The first-order chi connectivity index (χ1) is 5.90. The Hall–Kier alpha value is -0.810. The number of alkyl halides is 5. The van der Waals surface area contributed by atoms with Gasteiger partial charge >= 0.3 is 6.18 Å². The average molecular weight is 204 g/mol. The maximum absolute atomic E-state index is 12.5. The molecule has 0 aliphatic rings. The van der Waals surface area contributed by atoms with E-state index in [9.17, 15) is 22.0 Å². The highest BCUT2D eigenvalue weighted by molar-refractivity contribution is 4.74. The summed E-state index contributed by atoms with van der Waals surface area (Å²) in [5.41, 5.74) is 0. The molecule has 0 aliphatic carbocycles. The van der Waals surface area contributed by atoms with Gasteiger partial charge in [0.1, 0.15) is 12.8 Å². The molecule has 0 saturated heterocycles. The number of halogens is 5. The molecule has 0 heterocycles. The molecule has 0 radical (unpaired) electrons. The fourth-order valence-electron chi connectivity index (χ4n) is 0.712. The number of rotatable bonds is 5. The summed E-state index contributed by atoms with van der Waals surface area (Å²) in [4.78, 5) is 0. The second-order valence-corrected chi connectivity index (χ2v) is 2.33. The summed E-state index contributed by atoms with van der Waals surface area (Å²) in [5, 5.41) is 0. The van der Waals surface area contributed by atoms with E-state index in [0.717, 1.165) is 0 Å². The third-order valence-electron chi connectivity index (χ3n) is 1.25. The summed E-state index contributed by atoms with van der Waals surface area (Å²) in [6, 6.07) is 0. The molecule has 2 unspecified atom stereocenters. The SMILES string of the molecule is C=COC(CC(F)(F)F)C(F)CF. The van der Waals surface area contributed by atoms with Crippen LogP contribution in [0.1, 0.15) is 6.42 Å². The van der Waals surface area contributed by atoms with Crippen LogP contribution in [0.5, 0.6) is 0 Å². The molecule has 0 bridgehead atoms. The summed E-state index contributed by atoms with van der Waals surface area (Å²) in [5.74, 6) is 0. The van der Waals surface area contributed by atoms with Gasteiger partial charge in [-0.3, -0.25) is 0 Å². The minimum atomic E-state index is -4.58. The lowest BCUT2D eigenvalue weighted by Gasteiger charge is -2.19. The van der Waals surface area contributed by atoms with Gasteiger partial charge in [-0.2, -0.15) is 13.2 Å². The smallest absolute Gasteiger partial charge is 0.392 e. The normalized spacial score (nSPS) is 16.4. The van der Waals surface area contributed by atoms with Crippen LogP contribution in [0.25, 0.3) is 0 Å². The molecule has 6 heteroatoms. The largest absolute Gasteiger partial charge is 0.495 e. The van der Waals surface area contributed by atoms with Gasteiger partial charge in [0.2, 0.25) is 0 Å². The van der Waals surface area contributed by atoms with Crippen molar-refractivity contribution in [3.05, 3.63) is 12.8 Å². The standard InChI is InChI=1S/C7H9F5O/c1-2-13-6(5(9)4-8)3-7(10,11)12/h2,5-6H,1,3-4H2. The highest BCUT2D eigenvalue weighted by Gasteiger charge is 2.36. The zero-order valence-corrected chi connectivity index (χ0v) is 6.65. The minimum Gasteiger partial charge on any atom is -0.495 e. The fourth-order valence-corrected chi connectivity index (χ4v) is 0.712. The second kappa shape index (κ2) is 5.04. The predicted octanol–water partition coefficient (Wildman–Crippen LogP) is 2.78. The predicted molar refractivity (Wildman–Crippen MR) is 36.6 cm³/mol. The van der Waals surface area contributed by atoms with Gasteiger partial charge in [0, 0.05) is 0 Å². The molecule has 0 aliphatic heterocycles. The highest BCUT2D eigenvalue weighted by atomic mass is 19.4. The van der Waals surface area contributed by atoms with Crippen LogP contribution in [0.3, 0.4) is 0 Å². The second-order valence-electron chi connectivity index (χ2n) is 2.33. The van der Waals surface area contributed by atoms with Crippen molar-refractivity contribution in [2.75, 3.05) is 6.67 Å². The molecule has 0 spiro atoms. The summed E-state index contributed by atoms with van der Waals surface area (Å²) < 4.78 is 63.5. The first kappa shape index (κ1) is 12.2. The van der Waals surface area contributed by atoms with Crippen LogP contribution in [0.4, 0.5) is 22.0 Å². The van der Waals surface area contributed by atoms with Gasteiger partial charge in [0.15, 0.2) is 6.17 Å². The summed E-state index contributed by atoms with van der Waals surface area (Å²) in [7, 11) is 0. The minimum absolute atomic E-state index is 0.665. The lowest BCUT2D eigenvalue weighted by atomic mass is 10.1. The molecule has 0 fully saturated rings. The Kier molecular flexibility index (Phi) is 4.72. The van der Waals surface area contributed by atoms with Crippen molar-refractivity contribution in [2.24, 2.45) is 0 Å². The Morgan fingerprint density at radius 2 is 1.92 bits per heavy atom. The van der Waals surface area contributed by atoms with Crippen molar-refractivity contribution >= 4 is 0 Å². The van der Waals surface area contributed by atoms with Gasteiger partial charge in [-0.25, -0.2) is 8.78 Å². The van der Waals surface area contributed by atoms with Gasteiger partial charge in [-0.05, 0) is 0 Å². The maximum Gasteiger partial charge on any atom is 0.392 e. The third-order valence-corrected chi connectivity index (χ3v) is 1.25. The molecule has 13 heavy (non-hydrogen) atoms. The molecular weight excluding hydrogens is 195 g/mol. The maximum atomic E-state index is 12.5. The molecule has 0 amide bonds. The van der Waals surface area contributed by atoms with Crippen molar-refractivity contribution in [1.29, 1.82) is 0 Å².